The molecule has 4 rings (SSSR count). The number of hydrogen-bond acceptors (Lipinski definition) is 3. The third kappa shape index (κ3) is 3.30. The van der Waals surface area contributed by atoms with Crippen molar-refractivity contribution >= 4 is 0 Å². The summed E-state index contributed by atoms with van der Waals surface area (Å²) >= 11 is 0. The average Bonchev–Trinajstić information content (AvgIpc) is 2.95. The predicted octanol–water partition coefficient (Wildman–Crippen LogP) is 4.51. The highest BCUT2D eigenvalue weighted by Crippen LogP contribution is 2.66. The molecule has 9 atom stereocenters. The fraction of sp³-hybridized carbons (Fsp3) is 1.00. The van der Waals surface area contributed by atoms with Crippen LogP contribution in [0.5, 0.6) is 0 Å². The Hall–Kier alpha value is -0.120. The van der Waals surface area contributed by atoms with Crippen molar-refractivity contribution in [2.24, 2.45) is 34.5 Å². The van der Waals surface area contributed by atoms with Crippen LogP contribution in [0.4, 0.5) is 0 Å². The minimum Gasteiger partial charge on any atom is -0.393 e. The van der Waals surface area contributed by atoms with Gasteiger partial charge in [0.05, 0.1) is 12.2 Å². The van der Waals surface area contributed by atoms with Gasteiger partial charge >= 0.3 is 0 Å². The van der Waals surface area contributed by atoms with Crippen LogP contribution in [0.25, 0.3) is 0 Å². The molecular formula is C24H43NO2. The van der Waals surface area contributed by atoms with Gasteiger partial charge in [0.2, 0.25) is 0 Å². The fourth-order valence-corrected chi connectivity index (χ4v) is 8.15. The van der Waals surface area contributed by atoms with Gasteiger partial charge in [-0.05, 0) is 98.8 Å². The summed E-state index contributed by atoms with van der Waals surface area (Å²) in [6, 6.07) is 0.282. The van der Waals surface area contributed by atoms with E-state index in [4.69, 9.17) is 0 Å². The van der Waals surface area contributed by atoms with Crippen LogP contribution < -0.4 is 5.32 Å². The topological polar surface area (TPSA) is 52.5 Å². The molecule has 0 aliphatic heterocycles. The van der Waals surface area contributed by atoms with Crippen molar-refractivity contribution in [3.05, 3.63) is 0 Å². The van der Waals surface area contributed by atoms with Gasteiger partial charge in [0.1, 0.15) is 0 Å². The van der Waals surface area contributed by atoms with E-state index < -0.39 is 0 Å². The van der Waals surface area contributed by atoms with E-state index in [1.54, 1.807) is 0 Å². The smallest absolute Gasteiger partial charge is 0.0696 e. The zero-order valence-corrected chi connectivity index (χ0v) is 17.9. The van der Waals surface area contributed by atoms with Gasteiger partial charge in [-0.2, -0.15) is 0 Å². The minimum absolute atomic E-state index is 0.0739. The maximum Gasteiger partial charge on any atom is 0.0696 e. The number of hydrogen-bond donors (Lipinski definition) is 3. The van der Waals surface area contributed by atoms with Crippen molar-refractivity contribution in [1.82, 2.24) is 5.32 Å². The third-order valence-corrected chi connectivity index (χ3v) is 9.85. The van der Waals surface area contributed by atoms with Crippen molar-refractivity contribution in [1.29, 1.82) is 0 Å². The second-order valence-electron chi connectivity index (χ2n) is 11.1. The van der Waals surface area contributed by atoms with Crippen molar-refractivity contribution < 1.29 is 10.2 Å². The molecule has 4 fully saturated rings. The third-order valence-electron chi connectivity index (χ3n) is 9.85. The highest BCUT2D eigenvalue weighted by Gasteiger charge is 2.60. The van der Waals surface area contributed by atoms with E-state index in [-0.39, 0.29) is 23.7 Å². The molecule has 0 radical (unpaired) electrons. The lowest BCUT2D eigenvalue weighted by Crippen LogP contribution is -2.59. The van der Waals surface area contributed by atoms with Gasteiger partial charge in [0, 0.05) is 6.04 Å². The second kappa shape index (κ2) is 7.61. The standard InChI is InChI=1S/C24H43NO2/c1-4-5-6-13-25-20-15-24(3)16(14-21(20)26)7-8-17-18-9-10-22(27)23(18,2)12-11-19(17)24/h16-22,25-27H,4-15H2,1-3H3/t16-,17-,18-,19-,20-,21-,22-,23-,24-/m0/s1. The van der Waals surface area contributed by atoms with E-state index in [0.717, 1.165) is 43.6 Å². The highest BCUT2D eigenvalue weighted by molar-refractivity contribution is 5.10. The highest BCUT2D eigenvalue weighted by atomic mass is 16.3. The summed E-state index contributed by atoms with van der Waals surface area (Å²) in [5, 5.41) is 25.2. The molecule has 4 aliphatic carbocycles. The molecule has 0 saturated heterocycles. The first-order valence-electron chi connectivity index (χ1n) is 12.0. The minimum atomic E-state index is -0.164. The SMILES string of the molecule is CCCCCN[C@H]1C[C@@]2(C)[C@@H](CC[C@@H]3[C@@H]2CC[C@]2(C)[C@@H](O)CC[C@@H]32)C[C@@H]1O. The molecule has 0 bridgehead atoms. The van der Waals surface area contributed by atoms with E-state index in [1.807, 2.05) is 0 Å². The number of aliphatic hydroxyl groups is 2. The molecule has 27 heavy (non-hydrogen) atoms. The number of fused-ring (bicyclic) bond motifs is 5. The van der Waals surface area contributed by atoms with Crippen molar-refractivity contribution in [2.75, 3.05) is 6.54 Å². The Morgan fingerprint density at radius 2 is 1.70 bits per heavy atom. The monoisotopic (exact) mass is 377 g/mol. The van der Waals surface area contributed by atoms with Gasteiger partial charge in [-0.15, -0.1) is 0 Å². The van der Waals surface area contributed by atoms with Crippen LogP contribution in [-0.4, -0.2) is 35.0 Å². The summed E-state index contributed by atoms with van der Waals surface area (Å²) in [6.45, 7) is 8.25. The summed E-state index contributed by atoms with van der Waals surface area (Å²) in [5.41, 5.74) is 0.551. The van der Waals surface area contributed by atoms with E-state index in [1.165, 1.54) is 51.4 Å². The van der Waals surface area contributed by atoms with Gasteiger partial charge < -0.3 is 15.5 Å². The van der Waals surface area contributed by atoms with E-state index in [9.17, 15) is 10.2 Å². The molecule has 0 spiro atoms. The van der Waals surface area contributed by atoms with Gasteiger partial charge in [0.25, 0.3) is 0 Å². The van der Waals surface area contributed by atoms with Crippen LogP contribution in [-0.2, 0) is 0 Å². The molecule has 3 nitrogen and oxygen atoms in total. The molecule has 4 saturated carbocycles. The summed E-state index contributed by atoms with van der Waals surface area (Å²) in [7, 11) is 0. The first-order valence-corrected chi connectivity index (χ1v) is 12.0. The summed E-state index contributed by atoms with van der Waals surface area (Å²) in [5.74, 6) is 3.02. The van der Waals surface area contributed by atoms with Crippen LogP contribution in [0, 0.1) is 34.5 Å². The number of nitrogens with one attached hydrogen (secondary N) is 1. The molecule has 3 heteroatoms. The Labute approximate surface area is 166 Å². The first-order chi connectivity index (χ1) is 12.9. The van der Waals surface area contributed by atoms with E-state index in [2.05, 4.69) is 26.1 Å². The molecule has 0 unspecified atom stereocenters. The molecule has 0 heterocycles. The second-order valence-corrected chi connectivity index (χ2v) is 11.1. The molecule has 0 aromatic carbocycles. The largest absolute Gasteiger partial charge is 0.393 e. The Morgan fingerprint density at radius 3 is 2.48 bits per heavy atom. The van der Waals surface area contributed by atoms with Crippen molar-refractivity contribution in [3.8, 4) is 0 Å². The fourth-order valence-electron chi connectivity index (χ4n) is 8.15. The summed E-state index contributed by atoms with van der Waals surface area (Å²) in [4.78, 5) is 0. The molecule has 0 aromatic heterocycles. The molecule has 4 aliphatic rings. The Kier molecular flexibility index (Phi) is 5.68. The maximum absolute atomic E-state index is 10.8. The van der Waals surface area contributed by atoms with Crippen molar-refractivity contribution in [3.63, 3.8) is 0 Å². The van der Waals surface area contributed by atoms with E-state index >= 15 is 0 Å². The van der Waals surface area contributed by atoms with Gasteiger partial charge in [-0.25, -0.2) is 0 Å². The van der Waals surface area contributed by atoms with Gasteiger partial charge in [-0.3, -0.25) is 0 Å². The van der Waals surface area contributed by atoms with E-state index in [0.29, 0.717) is 11.3 Å². The molecule has 3 N–H and O–H groups in total. The van der Waals surface area contributed by atoms with Crippen LogP contribution >= 0.6 is 0 Å². The van der Waals surface area contributed by atoms with Crippen LogP contribution in [0.15, 0.2) is 0 Å². The Balaban J connectivity index is 1.49. The average molecular weight is 378 g/mol. The number of unbranched alkanes of at least 4 members (excludes halogenated alkanes) is 2. The zero-order chi connectivity index (χ0) is 19.2. The normalized spacial score (nSPS) is 52.1. The van der Waals surface area contributed by atoms with Crippen LogP contribution in [0.3, 0.4) is 0 Å². The van der Waals surface area contributed by atoms with Gasteiger partial charge in [-0.1, -0.05) is 33.6 Å². The summed E-state index contributed by atoms with van der Waals surface area (Å²) < 4.78 is 0. The molecule has 156 valence electrons. The van der Waals surface area contributed by atoms with Crippen molar-refractivity contribution in [2.45, 2.75) is 110 Å². The quantitative estimate of drug-likeness (QED) is 0.618. The predicted molar refractivity (Wildman–Crippen MR) is 110 cm³/mol. The van der Waals surface area contributed by atoms with Crippen LogP contribution in [0.1, 0.15) is 91.4 Å². The molecule has 0 aromatic rings. The zero-order valence-electron chi connectivity index (χ0n) is 17.9. The van der Waals surface area contributed by atoms with Gasteiger partial charge in [0.15, 0.2) is 0 Å². The number of aliphatic hydroxyl groups excluding tert-OH is 2. The lowest BCUT2D eigenvalue weighted by atomic mass is 9.44. The molecular weight excluding hydrogens is 334 g/mol. The number of rotatable bonds is 5. The lowest BCUT2D eigenvalue weighted by molar-refractivity contribution is -0.140. The Bertz CT molecular complexity index is 525. The molecule has 0 amide bonds. The Morgan fingerprint density at radius 1 is 0.926 bits per heavy atom. The first kappa shape index (κ1) is 20.2. The lowest BCUT2D eigenvalue weighted by Gasteiger charge is -2.61. The maximum atomic E-state index is 10.8. The summed E-state index contributed by atoms with van der Waals surface area (Å²) in [6.07, 6.45) is 13.1. The van der Waals surface area contributed by atoms with Crippen LogP contribution in [0.2, 0.25) is 0 Å².